The van der Waals surface area contributed by atoms with Crippen molar-refractivity contribution in [3.05, 3.63) is 119 Å². The molecule has 0 bridgehead atoms. The second-order valence-corrected chi connectivity index (χ2v) is 12.7. The van der Waals surface area contributed by atoms with Gasteiger partial charge in [0.15, 0.2) is 5.12 Å². The first kappa shape index (κ1) is 30.3. The van der Waals surface area contributed by atoms with Gasteiger partial charge in [-0.25, -0.2) is 0 Å². The van der Waals surface area contributed by atoms with Gasteiger partial charge in [-0.15, -0.1) is 0 Å². The summed E-state index contributed by atoms with van der Waals surface area (Å²) in [5.74, 6) is 0.280. The van der Waals surface area contributed by atoms with E-state index in [2.05, 4.69) is 107 Å². The molecule has 42 heavy (non-hydrogen) atoms. The lowest BCUT2D eigenvalue weighted by atomic mass is 9.74. The molecule has 0 radical (unpaired) electrons. The van der Waals surface area contributed by atoms with E-state index in [4.69, 9.17) is 4.74 Å². The fourth-order valence-corrected chi connectivity index (χ4v) is 7.62. The molecule has 0 amide bonds. The highest BCUT2D eigenvalue weighted by Gasteiger charge is 2.44. The number of carbonyl (C=O) groups is 2. The van der Waals surface area contributed by atoms with Gasteiger partial charge in [-0.2, -0.15) is 0 Å². The van der Waals surface area contributed by atoms with Crippen LogP contribution in [0.15, 0.2) is 103 Å². The van der Waals surface area contributed by atoms with Crippen molar-refractivity contribution in [2.24, 2.45) is 5.92 Å². The molecule has 220 valence electrons. The number of likely N-dealkylation sites (tertiary alicyclic amines) is 2. The molecule has 5 nitrogen and oxygen atoms in total. The number of esters is 1. The van der Waals surface area contributed by atoms with E-state index in [0.29, 0.717) is 19.1 Å². The van der Waals surface area contributed by atoms with Crippen molar-refractivity contribution in [1.29, 1.82) is 0 Å². The van der Waals surface area contributed by atoms with Crippen molar-refractivity contribution in [2.45, 2.75) is 43.9 Å². The maximum atomic E-state index is 12.4. The Morgan fingerprint density at radius 1 is 0.833 bits per heavy atom. The first-order valence-electron chi connectivity index (χ1n) is 15.2. The molecule has 1 unspecified atom stereocenters. The van der Waals surface area contributed by atoms with Gasteiger partial charge >= 0.3 is 5.97 Å². The molecule has 2 heterocycles. The van der Waals surface area contributed by atoms with Crippen LogP contribution in [0, 0.1) is 5.92 Å². The van der Waals surface area contributed by atoms with Crippen LogP contribution in [0.4, 0.5) is 0 Å². The van der Waals surface area contributed by atoms with Crippen LogP contribution >= 0.6 is 11.8 Å². The number of carbonyl (C=O) groups excluding carboxylic acids is 2. The molecule has 2 aliphatic heterocycles. The van der Waals surface area contributed by atoms with E-state index in [1.165, 1.54) is 34.0 Å². The molecule has 2 saturated heterocycles. The summed E-state index contributed by atoms with van der Waals surface area (Å²) in [6, 6.07) is 32.5. The molecule has 3 aromatic carbocycles. The summed E-state index contributed by atoms with van der Waals surface area (Å²) in [4.78, 5) is 29.2. The maximum Gasteiger partial charge on any atom is 0.320 e. The molecule has 0 N–H and O–H groups in total. The minimum atomic E-state index is -0.474. The van der Waals surface area contributed by atoms with Crippen LogP contribution in [0.5, 0.6) is 0 Å². The standard InChI is InChI=1S/C36H42N2O3S/c1-3-41-35(40)27-37-22-19-29(20-23-37)25-30-26-38(24-21-34(30)42-28(2)39)36(31-13-7-4-8-14-31,32-15-9-5-10-16-32)33-17-11-6-12-18-33/h4-18,25,29,34H,3,19-24,26-27H2,1-2H3. The average Bonchev–Trinajstić information content (AvgIpc) is 3.01. The number of allylic oxidation sites excluding steroid dienone is 1. The Kier molecular flexibility index (Phi) is 10.3. The van der Waals surface area contributed by atoms with Crippen LogP contribution in [0.2, 0.25) is 0 Å². The number of piperidine rings is 2. The zero-order chi connectivity index (χ0) is 29.4. The number of hydrogen-bond acceptors (Lipinski definition) is 6. The van der Waals surface area contributed by atoms with Crippen molar-refractivity contribution >= 4 is 22.8 Å². The highest BCUT2D eigenvalue weighted by atomic mass is 32.2. The zero-order valence-electron chi connectivity index (χ0n) is 24.8. The highest BCUT2D eigenvalue weighted by molar-refractivity contribution is 8.14. The number of nitrogens with zero attached hydrogens (tertiary/aromatic N) is 2. The van der Waals surface area contributed by atoms with Gasteiger partial charge in [-0.3, -0.25) is 19.4 Å². The summed E-state index contributed by atoms with van der Waals surface area (Å²) < 4.78 is 5.16. The number of ether oxygens (including phenoxy) is 1. The molecule has 2 fully saturated rings. The van der Waals surface area contributed by atoms with Gasteiger partial charge in [-0.05, 0) is 67.5 Å². The van der Waals surface area contributed by atoms with E-state index in [1.54, 1.807) is 6.92 Å². The Labute approximate surface area is 254 Å². The SMILES string of the molecule is CCOC(=O)CN1CCC(C=C2CN(C(c3ccccc3)(c3ccccc3)c3ccccc3)CCC2SC(C)=O)CC1. The second-order valence-electron chi connectivity index (χ2n) is 11.3. The molecule has 1 atom stereocenters. The third-order valence-electron chi connectivity index (χ3n) is 8.55. The van der Waals surface area contributed by atoms with E-state index in [0.717, 1.165) is 45.4 Å². The summed E-state index contributed by atoms with van der Waals surface area (Å²) in [5, 5.41) is 0.348. The quantitative estimate of drug-likeness (QED) is 0.162. The zero-order valence-corrected chi connectivity index (χ0v) is 25.6. The predicted molar refractivity (Wildman–Crippen MR) is 171 cm³/mol. The van der Waals surface area contributed by atoms with Crippen LogP contribution in [-0.4, -0.2) is 65.5 Å². The Balaban J connectivity index is 1.50. The van der Waals surface area contributed by atoms with Crippen LogP contribution < -0.4 is 0 Å². The summed E-state index contributed by atoms with van der Waals surface area (Å²) in [5.41, 5.74) is 4.60. The molecular weight excluding hydrogens is 540 g/mol. The normalized spacial score (nSPS) is 20.0. The fraction of sp³-hybridized carbons (Fsp3) is 0.389. The highest BCUT2D eigenvalue weighted by Crippen LogP contribution is 2.45. The first-order chi connectivity index (χ1) is 20.5. The molecule has 3 aromatic rings. The monoisotopic (exact) mass is 582 g/mol. The van der Waals surface area contributed by atoms with E-state index >= 15 is 0 Å². The second kappa shape index (κ2) is 14.3. The summed E-state index contributed by atoms with van der Waals surface area (Å²) >= 11 is 1.48. The molecule has 6 heteroatoms. The Hall–Kier alpha value is -3.19. The van der Waals surface area contributed by atoms with Crippen molar-refractivity contribution in [3.63, 3.8) is 0 Å². The van der Waals surface area contributed by atoms with Gasteiger partial charge in [0.1, 0.15) is 0 Å². The molecule has 2 aliphatic rings. The topological polar surface area (TPSA) is 49.9 Å². The third kappa shape index (κ3) is 6.88. The van der Waals surface area contributed by atoms with Crippen molar-refractivity contribution < 1.29 is 14.3 Å². The van der Waals surface area contributed by atoms with E-state index in [9.17, 15) is 9.59 Å². The summed E-state index contributed by atoms with van der Waals surface area (Å²) in [6.07, 6.45) is 5.38. The van der Waals surface area contributed by atoms with Gasteiger partial charge in [0.05, 0.1) is 18.7 Å². The summed E-state index contributed by atoms with van der Waals surface area (Å²) in [7, 11) is 0. The fourth-order valence-electron chi connectivity index (χ4n) is 6.70. The molecule has 0 saturated carbocycles. The molecule has 0 aromatic heterocycles. The summed E-state index contributed by atoms with van der Waals surface area (Å²) in [6.45, 7) is 7.73. The number of thioether (sulfide) groups is 1. The number of rotatable bonds is 9. The molecule has 0 aliphatic carbocycles. The van der Waals surface area contributed by atoms with Gasteiger partial charge < -0.3 is 4.74 Å². The van der Waals surface area contributed by atoms with Crippen LogP contribution in [-0.2, 0) is 19.9 Å². The smallest absolute Gasteiger partial charge is 0.320 e. The minimum Gasteiger partial charge on any atom is -0.465 e. The third-order valence-corrected chi connectivity index (χ3v) is 9.70. The van der Waals surface area contributed by atoms with Crippen molar-refractivity contribution in [1.82, 2.24) is 9.80 Å². The number of hydrogen-bond donors (Lipinski definition) is 0. The van der Waals surface area contributed by atoms with Gasteiger partial charge in [-0.1, -0.05) is 109 Å². The largest absolute Gasteiger partial charge is 0.465 e. The molecule has 5 rings (SSSR count). The van der Waals surface area contributed by atoms with Crippen molar-refractivity contribution in [2.75, 3.05) is 39.3 Å². The average molecular weight is 583 g/mol. The lowest BCUT2D eigenvalue weighted by molar-refractivity contribution is -0.144. The number of benzene rings is 3. The Morgan fingerprint density at radius 2 is 1.36 bits per heavy atom. The Morgan fingerprint density at radius 3 is 1.83 bits per heavy atom. The van der Waals surface area contributed by atoms with E-state index in [-0.39, 0.29) is 16.3 Å². The van der Waals surface area contributed by atoms with E-state index in [1.807, 2.05) is 6.92 Å². The van der Waals surface area contributed by atoms with Crippen LogP contribution in [0.25, 0.3) is 0 Å². The predicted octanol–water partition coefficient (Wildman–Crippen LogP) is 6.53. The van der Waals surface area contributed by atoms with Crippen LogP contribution in [0.3, 0.4) is 0 Å². The minimum absolute atomic E-state index is 0.144. The molecular formula is C36H42N2O3S. The lowest BCUT2D eigenvalue weighted by Crippen LogP contribution is -2.52. The van der Waals surface area contributed by atoms with Gasteiger partial charge in [0.2, 0.25) is 0 Å². The van der Waals surface area contributed by atoms with Gasteiger partial charge in [0, 0.05) is 25.3 Å². The Bertz CT molecular complexity index is 1240. The maximum absolute atomic E-state index is 12.4. The van der Waals surface area contributed by atoms with E-state index < -0.39 is 5.54 Å². The first-order valence-corrected chi connectivity index (χ1v) is 16.1. The van der Waals surface area contributed by atoms with Crippen molar-refractivity contribution in [3.8, 4) is 0 Å². The van der Waals surface area contributed by atoms with Gasteiger partial charge in [0.25, 0.3) is 0 Å². The van der Waals surface area contributed by atoms with Crippen LogP contribution in [0.1, 0.15) is 49.8 Å². The lowest BCUT2D eigenvalue weighted by Gasteiger charge is -2.49. The molecule has 0 spiro atoms.